The highest BCUT2D eigenvalue weighted by Gasteiger charge is 2.19. The topological polar surface area (TPSA) is 101 Å². The number of carbonyl (C=O) groups is 2. The number of rotatable bonds is 6. The van der Waals surface area contributed by atoms with E-state index in [9.17, 15) is 14.4 Å². The number of ether oxygens (including phenoxy) is 1. The molecule has 0 saturated heterocycles. The van der Waals surface area contributed by atoms with Gasteiger partial charge in [-0.05, 0) is 29.0 Å². The van der Waals surface area contributed by atoms with Crippen molar-refractivity contribution in [2.24, 2.45) is 0 Å². The summed E-state index contributed by atoms with van der Waals surface area (Å²) in [6, 6.07) is 12.5. The van der Waals surface area contributed by atoms with Crippen LogP contribution in [0, 0.1) is 0 Å². The van der Waals surface area contributed by atoms with E-state index in [1.165, 1.54) is 0 Å². The maximum atomic E-state index is 12.5. The zero-order valence-corrected chi connectivity index (χ0v) is 17.5. The second kappa shape index (κ2) is 8.90. The first-order valence-corrected chi connectivity index (χ1v) is 9.86. The van der Waals surface area contributed by atoms with Crippen LogP contribution in [0.1, 0.15) is 61.1 Å². The van der Waals surface area contributed by atoms with E-state index in [1.54, 1.807) is 24.3 Å². The SMILES string of the molecule is CC(C)c1cccc(C(C)C)c1NC(=O)COC(=O)c1n[nH]c(=O)c2ccccc12. The molecular formula is C23H25N3O4. The normalized spacial score (nSPS) is 11.1. The van der Waals surface area contributed by atoms with Crippen molar-refractivity contribution in [3.8, 4) is 0 Å². The number of aromatic amines is 1. The lowest BCUT2D eigenvalue weighted by molar-refractivity contribution is -0.119. The highest BCUT2D eigenvalue weighted by molar-refractivity contribution is 6.03. The highest BCUT2D eigenvalue weighted by Crippen LogP contribution is 2.32. The summed E-state index contributed by atoms with van der Waals surface area (Å²) in [7, 11) is 0. The van der Waals surface area contributed by atoms with Crippen molar-refractivity contribution in [3.05, 3.63) is 69.6 Å². The third-order valence-corrected chi connectivity index (χ3v) is 4.86. The van der Waals surface area contributed by atoms with Crippen LogP contribution >= 0.6 is 0 Å². The molecular weight excluding hydrogens is 382 g/mol. The minimum atomic E-state index is -0.779. The molecule has 0 unspecified atom stereocenters. The molecule has 0 bridgehead atoms. The Bertz CT molecular complexity index is 1120. The standard InChI is InChI=1S/C23H25N3O4/c1-13(2)15-10-7-11-16(14(3)4)20(15)24-19(27)12-30-23(29)21-17-8-5-6-9-18(17)22(28)26-25-21/h5-11,13-14H,12H2,1-4H3,(H,24,27)(H,26,28). The molecule has 7 heteroatoms. The Morgan fingerprint density at radius 3 is 2.17 bits per heavy atom. The molecule has 7 nitrogen and oxygen atoms in total. The molecule has 2 aromatic carbocycles. The summed E-state index contributed by atoms with van der Waals surface area (Å²) in [5, 5.41) is 9.69. The highest BCUT2D eigenvalue weighted by atomic mass is 16.5. The lowest BCUT2D eigenvalue weighted by atomic mass is 9.92. The molecule has 1 aromatic heterocycles. The molecule has 2 N–H and O–H groups in total. The molecule has 0 saturated carbocycles. The van der Waals surface area contributed by atoms with Gasteiger partial charge < -0.3 is 10.1 Å². The number of nitrogens with zero attached hydrogens (tertiary/aromatic N) is 1. The van der Waals surface area contributed by atoms with Gasteiger partial charge in [0.1, 0.15) is 0 Å². The first kappa shape index (κ1) is 21.2. The second-order valence-corrected chi connectivity index (χ2v) is 7.69. The van der Waals surface area contributed by atoms with Crippen LogP contribution < -0.4 is 10.9 Å². The Balaban J connectivity index is 1.77. The number of H-pyrrole nitrogens is 1. The minimum absolute atomic E-state index is 0.0385. The maximum absolute atomic E-state index is 12.5. The summed E-state index contributed by atoms with van der Waals surface area (Å²) in [6.07, 6.45) is 0. The molecule has 3 aromatic rings. The molecule has 0 aliphatic heterocycles. The van der Waals surface area contributed by atoms with Gasteiger partial charge in [-0.15, -0.1) is 0 Å². The molecule has 1 amide bonds. The van der Waals surface area contributed by atoms with Crippen molar-refractivity contribution in [1.82, 2.24) is 10.2 Å². The van der Waals surface area contributed by atoms with Gasteiger partial charge in [-0.3, -0.25) is 9.59 Å². The largest absolute Gasteiger partial charge is 0.451 e. The Morgan fingerprint density at radius 2 is 1.57 bits per heavy atom. The van der Waals surface area contributed by atoms with Gasteiger partial charge in [0.2, 0.25) is 0 Å². The zero-order valence-electron chi connectivity index (χ0n) is 17.5. The molecule has 30 heavy (non-hydrogen) atoms. The number of hydrogen-bond donors (Lipinski definition) is 2. The molecule has 0 aliphatic carbocycles. The summed E-state index contributed by atoms with van der Waals surface area (Å²) in [6.45, 7) is 7.77. The van der Waals surface area contributed by atoms with Crippen molar-refractivity contribution in [2.45, 2.75) is 39.5 Å². The Hall–Kier alpha value is -3.48. The molecule has 3 rings (SSSR count). The van der Waals surface area contributed by atoms with Gasteiger partial charge in [0, 0.05) is 11.1 Å². The van der Waals surface area contributed by atoms with Gasteiger partial charge >= 0.3 is 5.97 Å². The lowest BCUT2D eigenvalue weighted by Crippen LogP contribution is -2.24. The predicted octanol–water partition coefficient (Wildman–Crippen LogP) is 3.97. The number of amides is 1. The van der Waals surface area contributed by atoms with E-state index >= 15 is 0 Å². The Kier molecular flexibility index (Phi) is 6.30. The van der Waals surface area contributed by atoms with Gasteiger partial charge in [-0.2, -0.15) is 5.10 Å². The van der Waals surface area contributed by atoms with Crippen molar-refractivity contribution in [2.75, 3.05) is 11.9 Å². The van der Waals surface area contributed by atoms with E-state index in [4.69, 9.17) is 4.74 Å². The molecule has 0 spiro atoms. The van der Waals surface area contributed by atoms with Crippen molar-refractivity contribution >= 4 is 28.3 Å². The van der Waals surface area contributed by atoms with Crippen LogP contribution in [-0.4, -0.2) is 28.7 Å². The maximum Gasteiger partial charge on any atom is 0.359 e. The summed E-state index contributed by atoms with van der Waals surface area (Å²) in [4.78, 5) is 36.9. The van der Waals surface area contributed by atoms with Gasteiger partial charge in [-0.25, -0.2) is 9.89 Å². The average Bonchev–Trinajstić information content (AvgIpc) is 2.72. The number of benzene rings is 2. The van der Waals surface area contributed by atoms with Gasteiger partial charge in [0.25, 0.3) is 11.5 Å². The van der Waals surface area contributed by atoms with Crippen molar-refractivity contribution in [3.63, 3.8) is 0 Å². The van der Waals surface area contributed by atoms with Crippen LogP contribution in [0.5, 0.6) is 0 Å². The summed E-state index contributed by atoms with van der Waals surface area (Å²) in [5.41, 5.74) is 2.37. The fourth-order valence-electron chi connectivity index (χ4n) is 3.34. The van der Waals surface area contributed by atoms with E-state index in [-0.39, 0.29) is 17.5 Å². The molecule has 0 atom stereocenters. The third kappa shape index (κ3) is 4.40. The Labute approximate surface area is 174 Å². The number of aromatic nitrogens is 2. The monoisotopic (exact) mass is 407 g/mol. The minimum Gasteiger partial charge on any atom is -0.451 e. The van der Waals surface area contributed by atoms with Crippen LogP contribution in [0.15, 0.2) is 47.3 Å². The van der Waals surface area contributed by atoms with Crippen LogP contribution in [0.4, 0.5) is 5.69 Å². The smallest absolute Gasteiger partial charge is 0.359 e. The lowest BCUT2D eigenvalue weighted by Gasteiger charge is -2.20. The summed E-state index contributed by atoms with van der Waals surface area (Å²) >= 11 is 0. The number of nitrogens with one attached hydrogen (secondary N) is 2. The number of esters is 1. The van der Waals surface area contributed by atoms with Crippen LogP contribution in [0.3, 0.4) is 0 Å². The fourth-order valence-corrected chi connectivity index (χ4v) is 3.34. The second-order valence-electron chi connectivity index (χ2n) is 7.69. The molecule has 0 aliphatic rings. The molecule has 156 valence electrons. The van der Waals surface area contributed by atoms with E-state index in [0.29, 0.717) is 10.8 Å². The van der Waals surface area contributed by atoms with Gasteiger partial charge in [0.15, 0.2) is 12.3 Å². The van der Waals surface area contributed by atoms with Crippen LogP contribution in [0.25, 0.3) is 10.8 Å². The number of carbonyl (C=O) groups excluding carboxylic acids is 2. The van der Waals surface area contributed by atoms with Crippen molar-refractivity contribution < 1.29 is 14.3 Å². The average molecular weight is 407 g/mol. The summed E-state index contributed by atoms with van der Waals surface area (Å²) < 4.78 is 5.18. The van der Waals surface area contributed by atoms with Gasteiger partial charge in [-0.1, -0.05) is 64.1 Å². The predicted molar refractivity (Wildman–Crippen MR) is 116 cm³/mol. The van der Waals surface area contributed by atoms with E-state index in [1.807, 2.05) is 18.2 Å². The number of anilines is 1. The number of fused-ring (bicyclic) bond motifs is 1. The van der Waals surface area contributed by atoms with E-state index in [0.717, 1.165) is 16.8 Å². The molecule has 0 radical (unpaired) electrons. The number of hydrogen-bond acceptors (Lipinski definition) is 5. The van der Waals surface area contributed by atoms with Crippen molar-refractivity contribution in [1.29, 1.82) is 0 Å². The van der Waals surface area contributed by atoms with E-state index < -0.39 is 24.0 Å². The first-order chi connectivity index (χ1) is 14.3. The van der Waals surface area contributed by atoms with Crippen LogP contribution in [0.2, 0.25) is 0 Å². The first-order valence-electron chi connectivity index (χ1n) is 9.86. The molecule has 0 fully saturated rings. The fraction of sp³-hybridized carbons (Fsp3) is 0.304. The van der Waals surface area contributed by atoms with Gasteiger partial charge in [0.05, 0.1) is 5.39 Å². The third-order valence-electron chi connectivity index (χ3n) is 4.86. The summed E-state index contributed by atoms with van der Waals surface area (Å²) in [5.74, 6) is -0.776. The number of para-hydroxylation sites is 1. The van der Waals surface area contributed by atoms with Crippen LogP contribution in [-0.2, 0) is 9.53 Å². The Morgan fingerprint density at radius 1 is 0.967 bits per heavy atom. The quantitative estimate of drug-likeness (QED) is 0.602. The zero-order chi connectivity index (χ0) is 21.8. The molecule has 1 heterocycles. The van der Waals surface area contributed by atoms with E-state index in [2.05, 4.69) is 43.2 Å².